The average Bonchev–Trinajstić information content (AvgIpc) is 3.09. The quantitative estimate of drug-likeness (QED) is 0.838. The van der Waals surface area contributed by atoms with Gasteiger partial charge in [0.25, 0.3) is 0 Å². The summed E-state index contributed by atoms with van der Waals surface area (Å²) in [5.41, 5.74) is 6.17. The highest BCUT2D eigenvalue weighted by molar-refractivity contribution is 5.64. The Hall–Kier alpha value is -1.99. The summed E-state index contributed by atoms with van der Waals surface area (Å²) < 4.78 is 16.0. The van der Waals surface area contributed by atoms with Crippen molar-refractivity contribution in [2.75, 3.05) is 57.4 Å². The molecule has 2 heterocycles. The van der Waals surface area contributed by atoms with Crippen molar-refractivity contribution < 1.29 is 19.0 Å². The summed E-state index contributed by atoms with van der Waals surface area (Å²) in [5, 5.41) is 0. The Bertz CT molecular complexity index is 523. The lowest BCUT2D eigenvalue weighted by molar-refractivity contribution is 0.133. The normalized spacial score (nSPS) is 21.7. The van der Waals surface area contributed by atoms with Crippen LogP contribution in [0.4, 0.5) is 10.5 Å². The van der Waals surface area contributed by atoms with Crippen molar-refractivity contribution in [3.63, 3.8) is 0 Å². The number of benzene rings is 1. The van der Waals surface area contributed by atoms with Crippen LogP contribution in [0.25, 0.3) is 0 Å². The third-order valence-electron chi connectivity index (χ3n) is 4.42. The summed E-state index contributed by atoms with van der Waals surface area (Å²) in [5.74, 6) is 0.900. The standard InChI is InChI=1S/C17H25N3O4/c18-17(21)23-12-10-19-6-8-20(9-7-19)14-1-3-15(4-2-14)24-16-5-11-22-13-16/h1-4,16H,5-13H2,(H2,18,21). The zero-order chi connectivity index (χ0) is 16.8. The van der Waals surface area contributed by atoms with E-state index in [-0.39, 0.29) is 6.10 Å². The van der Waals surface area contributed by atoms with Crippen LogP contribution in [-0.2, 0) is 9.47 Å². The number of piperazine rings is 1. The van der Waals surface area contributed by atoms with Gasteiger partial charge in [-0.25, -0.2) is 4.79 Å². The maximum Gasteiger partial charge on any atom is 0.404 e. The van der Waals surface area contributed by atoms with Crippen LogP contribution < -0.4 is 15.4 Å². The number of nitrogens with zero attached hydrogens (tertiary/aromatic N) is 2. The third kappa shape index (κ3) is 4.75. The fraction of sp³-hybridized carbons (Fsp3) is 0.588. The third-order valence-corrected chi connectivity index (χ3v) is 4.42. The number of ether oxygens (including phenoxy) is 3. The van der Waals surface area contributed by atoms with Crippen LogP contribution in [-0.4, -0.2) is 69.6 Å². The second-order valence-corrected chi connectivity index (χ2v) is 6.09. The fourth-order valence-electron chi connectivity index (χ4n) is 3.04. The SMILES string of the molecule is NC(=O)OCCN1CCN(c2ccc(OC3CCOC3)cc2)CC1. The van der Waals surface area contributed by atoms with Gasteiger partial charge in [0, 0.05) is 44.8 Å². The van der Waals surface area contributed by atoms with E-state index in [0.717, 1.165) is 51.5 Å². The van der Waals surface area contributed by atoms with Gasteiger partial charge in [0.1, 0.15) is 18.5 Å². The Labute approximate surface area is 142 Å². The first-order chi connectivity index (χ1) is 11.7. The number of carbonyl (C=O) groups excluding carboxylic acids is 1. The molecule has 2 N–H and O–H groups in total. The molecule has 24 heavy (non-hydrogen) atoms. The van der Waals surface area contributed by atoms with E-state index >= 15 is 0 Å². The van der Waals surface area contributed by atoms with Crippen LogP contribution >= 0.6 is 0 Å². The fourth-order valence-corrected chi connectivity index (χ4v) is 3.04. The van der Waals surface area contributed by atoms with Crippen molar-refractivity contribution in [1.29, 1.82) is 0 Å². The Balaban J connectivity index is 1.43. The van der Waals surface area contributed by atoms with Gasteiger partial charge >= 0.3 is 6.09 Å². The van der Waals surface area contributed by atoms with Crippen LogP contribution in [0.1, 0.15) is 6.42 Å². The highest BCUT2D eigenvalue weighted by Gasteiger charge is 2.19. The van der Waals surface area contributed by atoms with Gasteiger partial charge in [-0.2, -0.15) is 0 Å². The smallest absolute Gasteiger partial charge is 0.404 e. The Morgan fingerprint density at radius 1 is 1.21 bits per heavy atom. The predicted molar refractivity (Wildman–Crippen MR) is 90.5 cm³/mol. The summed E-state index contributed by atoms with van der Waals surface area (Å²) in [4.78, 5) is 15.2. The molecule has 0 aliphatic carbocycles. The van der Waals surface area contributed by atoms with E-state index < -0.39 is 6.09 Å². The molecule has 132 valence electrons. The van der Waals surface area contributed by atoms with Crippen molar-refractivity contribution in [2.24, 2.45) is 5.73 Å². The van der Waals surface area contributed by atoms with E-state index in [2.05, 4.69) is 21.9 Å². The van der Waals surface area contributed by atoms with Crippen LogP contribution in [0.15, 0.2) is 24.3 Å². The molecular weight excluding hydrogens is 310 g/mol. The molecule has 0 radical (unpaired) electrons. The minimum absolute atomic E-state index is 0.182. The molecule has 2 fully saturated rings. The number of rotatable bonds is 6. The van der Waals surface area contributed by atoms with E-state index in [1.165, 1.54) is 5.69 Å². The number of hydrogen-bond donors (Lipinski definition) is 1. The van der Waals surface area contributed by atoms with Crippen molar-refractivity contribution in [3.05, 3.63) is 24.3 Å². The zero-order valence-electron chi connectivity index (χ0n) is 13.9. The van der Waals surface area contributed by atoms with E-state index in [0.29, 0.717) is 13.2 Å². The van der Waals surface area contributed by atoms with Gasteiger partial charge in [-0.05, 0) is 24.3 Å². The lowest BCUT2D eigenvalue weighted by Gasteiger charge is -2.36. The first-order valence-electron chi connectivity index (χ1n) is 8.45. The van der Waals surface area contributed by atoms with E-state index in [4.69, 9.17) is 19.9 Å². The summed E-state index contributed by atoms with van der Waals surface area (Å²) in [7, 11) is 0. The molecule has 0 saturated carbocycles. The van der Waals surface area contributed by atoms with Crippen LogP contribution in [0, 0.1) is 0 Å². The summed E-state index contributed by atoms with van der Waals surface area (Å²) in [6, 6.07) is 8.27. The van der Waals surface area contributed by atoms with E-state index in [1.54, 1.807) is 0 Å². The van der Waals surface area contributed by atoms with Crippen molar-refractivity contribution in [3.8, 4) is 5.75 Å². The molecule has 1 unspecified atom stereocenters. The second-order valence-electron chi connectivity index (χ2n) is 6.09. The van der Waals surface area contributed by atoms with Crippen LogP contribution in [0.5, 0.6) is 5.75 Å². The van der Waals surface area contributed by atoms with Gasteiger partial charge in [0.15, 0.2) is 0 Å². The Morgan fingerprint density at radius 3 is 2.58 bits per heavy atom. The lowest BCUT2D eigenvalue weighted by atomic mass is 10.2. The van der Waals surface area contributed by atoms with Gasteiger partial charge < -0.3 is 24.8 Å². The number of primary amides is 1. The second kappa shape index (κ2) is 8.21. The topological polar surface area (TPSA) is 77.3 Å². The largest absolute Gasteiger partial charge is 0.488 e. The van der Waals surface area contributed by atoms with E-state index in [1.807, 2.05) is 12.1 Å². The summed E-state index contributed by atoms with van der Waals surface area (Å²) in [6.07, 6.45) is 0.436. The number of carbonyl (C=O) groups is 1. The number of nitrogens with two attached hydrogens (primary N) is 1. The van der Waals surface area contributed by atoms with Gasteiger partial charge in [0.2, 0.25) is 0 Å². The molecule has 0 aromatic heterocycles. The molecule has 1 aromatic rings. The minimum atomic E-state index is -0.708. The predicted octanol–water partition coefficient (Wildman–Crippen LogP) is 1.07. The highest BCUT2D eigenvalue weighted by atomic mass is 16.5. The molecule has 1 aromatic carbocycles. The molecule has 1 atom stereocenters. The first kappa shape index (κ1) is 16.9. The summed E-state index contributed by atoms with van der Waals surface area (Å²) >= 11 is 0. The van der Waals surface area contributed by atoms with Crippen molar-refractivity contribution >= 4 is 11.8 Å². The molecule has 2 aliphatic heterocycles. The maximum absolute atomic E-state index is 10.6. The number of amides is 1. The van der Waals surface area contributed by atoms with Gasteiger partial charge in [-0.15, -0.1) is 0 Å². The molecule has 1 amide bonds. The van der Waals surface area contributed by atoms with Crippen LogP contribution in [0.3, 0.4) is 0 Å². The molecule has 3 rings (SSSR count). The zero-order valence-corrected chi connectivity index (χ0v) is 13.9. The van der Waals surface area contributed by atoms with Gasteiger partial charge in [-0.1, -0.05) is 0 Å². The Kier molecular flexibility index (Phi) is 5.77. The molecule has 2 aliphatic rings. The average molecular weight is 335 g/mol. The van der Waals surface area contributed by atoms with Crippen LogP contribution in [0.2, 0.25) is 0 Å². The lowest BCUT2D eigenvalue weighted by Crippen LogP contribution is -2.47. The first-order valence-corrected chi connectivity index (χ1v) is 8.45. The molecule has 7 heteroatoms. The summed E-state index contributed by atoms with van der Waals surface area (Å²) in [6.45, 7) is 6.35. The van der Waals surface area contributed by atoms with Crippen molar-refractivity contribution in [2.45, 2.75) is 12.5 Å². The number of anilines is 1. The van der Waals surface area contributed by atoms with Gasteiger partial charge in [-0.3, -0.25) is 4.90 Å². The highest BCUT2D eigenvalue weighted by Crippen LogP contribution is 2.22. The van der Waals surface area contributed by atoms with E-state index in [9.17, 15) is 4.79 Å². The Morgan fingerprint density at radius 2 is 1.96 bits per heavy atom. The monoisotopic (exact) mass is 335 g/mol. The maximum atomic E-state index is 10.6. The minimum Gasteiger partial charge on any atom is -0.488 e. The van der Waals surface area contributed by atoms with Crippen molar-refractivity contribution in [1.82, 2.24) is 4.90 Å². The molecule has 0 bridgehead atoms. The molecule has 0 spiro atoms. The molecule has 7 nitrogen and oxygen atoms in total. The van der Waals surface area contributed by atoms with Gasteiger partial charge in [0.05, 0.1) is 13.2 Å². The number of hydrogen-bond acceptors (Lipinski definition) is 6. The molecular formula is C17H25N3O4. The molecule has 2 saturated heterocycles.